The zero-order chi connectivity index (χ0) is 29.4. The Labute approximate surface area is 247 Å². The van der Waals surface area contributed by atoms with Gasteiger partial charge < -0.3 is 21.6 Å². The van der Waals surface area contributed by atoms with Gasteiger partial charge >= 0.3 is 0 Å². The number of nitrogens with two attached hydrogens (primary N) is 2. The summed E-state index contributed by atoms with van der Waals surface area (Å²) in [6, 6.07) is 5.44. The van der Waals surface area contributed by atoms with E-state index in [-0.39, 0.29) is 22.3 Å². The quantitative estimate of drug-likeness (QED) is 0.0695. The van der Waals surface area contributed by atoms with Crippen molar-refractivity contribution in [2.75, 3.05) is 18.0 Å². The Bertz CT molecular complexity index is 1190. The minimum atomic E-state index is -0.367. The van der Waals surface area contributed by atoms with E-state index in [4.69, 9.17) is 21.6 Å². The van der Waals surface area contributed by atoms with Crippen LogP contribution in [0.5, 0.6) is 5.75 Å². The molecule has 7 heteroatoms. The molecule has 0 bridgehead atoms. The van der Waals surface area contributed by atoms with E-state index in [0.29, 0.717) is 59.2 Å². The summed E-state index contributed by atoms with van der Waals surface area (Å²) < 4.78 is 6.61. The zero-order valence-corrected chi connectivity index (χ0v) is 25.7. The van der Waals surface area contributed by atoms with E-state index in [1.807, 2.05) is 12.1 Å². The highest BCUT2D eigenvalue weighted by Crippen LogP contribution is 2.70. The van der Waals surface area contributed by atoms with Crippen LogP contribution in [0.25, 0.3) is 10.4 Å². The summed E-state index contributed by atoms with van der Waals surface area (Å²) in [6.45, 7) is 10.00. The molecule has 0 spiro atoms. The molecule has 1 aromatic rings. The number of nitrogens with zero attached hydrogens (tertiary/aromatic N) is 3. The molecule has 0 aliphatic heterocycles. The van der Waals surface area contributed by atoms with Crippen molar-refractivity contribution in [2.45, 2.75) is 98.0 Å². The smallest absolute Gasteiger partial charge is 0.144 e. The van der Waals surface area contributed by atoms with Crippen LogP contribution in [-0.2, 0) is 0 Å². The summed E-state index contributed by atoms with van der Waals surface area (Å²) in [5, 5.41) is 13.0. The zero-order valence-electron chi connectivity index (χ0n) is 25.7. The second kappa shape index (κ2) is 11.6. The SMILES string of the molecule is C/C=C\CCC(C)C1CCC2C3CCC4C(C)(C=N)C(Oc5cc(N)ccc5N)CCC4(C)C3CCC12CN=[N+]=[N-]. The number of allylic oxidation sites excluding steroid dienone is 2. The van der Waals surface area contributed by atoms with Crippen LogP contribution >= 0.6 is 0 Å². The van der Waals surface area contributed by atoms with Gasteiger partial charge in [-0.25, -0.2) is 0 Å². The van der Waals surface area contributed by atoms with Crippen LogP contribution in [0.4, 0.5) is 11.4 Å². The Morgan fingerprint density at radius 3 is 2.66 bits per heavy atom. The van der Waals surface area contributed by atoms with Crippen molar-refractivity contribution in [1.29, 1.82) is 5.41 Å². The number of rotatable bonds is 9. The Balaban J connectivity index is 1.41. The Morgan fingerprint density at radius 2 is 1.93 bits per heavy atom. The monoisotopic (exact) mass is 560 g/mol. The molecular formula is C34H52N6O. The topological polar surface area (TPSA) is 134 Å². The van der Waals surface area contributed by atoms with E-state index < -0.39 is 0 Å². The van der Waals surface area contributed by atoms with Crippen molar-refractivity contribution in [1.82, 2.24) is 0 Å². The number of anilines is 2. The van der Waals surface area contributed by atoms with E-state index in [9.17, 15) is 5.53 Å². The number of ether oxygens (including phenoxy) is 1. The van der Waals surface area contributed by atoms with E-state index >= 15 is 0 Å². The maximum absolute atomic E-state index is 9.39. The molecule has 7 nitrogen and oxygen atoms in total. The predicted molar refractivity (Wildman–Crippen MR) is 169 cm³/mol. The second-order valence-corrected chi connectivity index (χ2v) is 14.4. The van der Waals surface area contributed by atoms with Crippen LogP contribution < -0.4 is 16.2 Å². The van der Waals surface area contributed by atoms with Crippen LogP contribution in [0.2, 0.25) is 0 Å². The first-order valence-electron chi connectivity index (χ1n) is 16.1. The van der Waals surface area contributed by atoms with Gasteiger partial charge in [0.05, 0.1) is 5.69 Å². The molecular weight excluding hydrogens is 508 g/mol. The molecule has 0 heterocycles. The minimum absolute atomic E-state index is 0.0970. The number of hydrogen-bond donors (Lipinski definition) is 3. The Hall–Kier alpha value is -2.66. The van der Waals surface area contributed by atoms with Gasteiger partial charge in [0.1, 0.15) is 11.9 Å². The Kier molecular flexibility index (Phi) is 8.40. The third-order valence-corrected chi connectivity index (χ3v) is 12.8. The molecule has 0 saturated heterocycles. The van der Waals surface area contributed by atoms with Crippen LogP contribution in [-0.4, -0.2) is 18.9 Å². The first kappa shape index (κ1) is 29.8. The molecule has 5 rings (SSSR count). The lowest BCUT2D eigenvalue weighted by molar-refractivity contribution is -0.160. The number of benzene rings is 1. The summed E-state index contributed by atoms with van der Waals surface area (Å²) in [6.07, 6.45) is 17.6. The predicted octanol–water partition coefficient (Wildman–Crippen LogP) is 8.81. The highest BCUT2D eigenvalue weighted by Gasteiger charge is 2.65. The van der Waals surface area contributed by atoms with Gasteiger partial charge in [-0.05, 0) is 135 Å². The van der Waals surface area contributed by atoms with Crippen LogP contribution in [0.15, 0.2) is 35.5 Å². The van der Waals surface area contributed by atoms with Gasteiger partial charge in [-0.2, -0.15) is 0 Å². The fraction of sp³-hybridized carbons (Fsp3) is 0.735. The van der Waals surface area contributed by atoms with E-state index in [1.165, 1.54) is 38.5 Å². The third-order valence-electron chi connectivity index (χ3n) is 12.8. The van der Waals surface area contributed by atoms with Gasteiger partial charge in [0.15, 0.2) is 0 Å². The summed E-state index contributed by atoms with van der Waals surface area (Å²) in [7, 11) is 0. The number of hydrogen-bond acceptors (Lipinski definition) is 5. The van der Waals surface area contributed by atoms with Crippen molar-refractivity contribution in [2.24, 2.45) is 56.9 Å². The number of fused-ring (bicyclic) bond motifs is 5. The lowest BCUT2D eigenvalue weighted by Crippen LogP contribution is -2.62. The van der Waals surface area contributed by atoms with Gasteiger partial charge in [-0.15, -0.1) is 0 Å². The normalized spacial score (nSPS) is 40.6. The lowest BCUT2D eigenvalue weighted by atomic mass is 9.40. The van der Waals surface area contributed by atoms with Gasteiger partial charge in [0.2, 0.25) is 0 Å². The maximum atomic E-state index is 9.39. The van der Waals surface area contributed by atoms with E-state index in [2.05, 4.69) is 49.9 Å². The fourth-order valence-corrected chi connectivity index (χ4v) is 10.9. The summed E-state index contributed by atoms with van der Waals surface area (Å²) in [4.78, 5) is 3.28. The summed E-state index contributed by atoms with van der Waals surface area (Å²) in [5.74, 6) is 4.24. The molecule has 0 amide bonds. The molecule has 4 aliphatic rings. The van der Waals surface area contributed by atoms with Gasteiger partial charge in [-0.1, -0.05) is 38.0 Å². The molecule has 1 aromatic carbocycles. The molecule has 0 radical (unpaired) electrons. The average Bonchev–Trinajstić information content (AvgIpc) is 3.35. The fourth-order valence-electron chi connectivity index (χ4n) is 10.9. The summed E-state index contributed by atoms with van der Waals surface area (Å²) >= 11 is 0. The lowest BCUT2D eigenvalue weighted by Gasteiger charge is -2.65. The van der Waals surface area contributed by atoms with Crippen LogP contribution in [0.3, 0.4) is 0 Å². The molecule has 0 aromatic heterocycles. The van der Waals surface area contributed by atoms with E-state index in [0.717, 1.165) is 25.7 Å². The first-order valence-corrected chi connectivity index (χ1v) is 16.1. The van der Waals surface area contributed by atoms with Crippen molar-refractivity contribution >= 4 is 17.6 Å². The van der Waals surface area contributed by atoms with Gasteiger partial charge in [0, 0.05) is 34.8 Å². The highest BCUT2D eigenvalue weighted by molar-refractivity contribution is 5.65. The highest BCUT2D eigenvalue weighted by atomic mass is 16.5. The van der Waals surface area contributed by atoms with Gasteiger partial charge in [-0.3, -0.25) is 0 Å². The molecule has 4 aliphatic carbocycles. The maximum Gasteiger partial charge on any atom is 0.144 e. The molecule has 10 unspecified atom stereocenters. The number of nitrogen functional groups attached to an aromatic ring is 2. The summed E-state index contributed by atoms with van der Waals surface area (Å²) in [5.41, 5.74) is 22.9. The van der Waals surface area contributed by atoms with Crippen molar-refractivity contribution < 1.29 is 4.74 Å². The van der Waals surface area contributed by atoms with Crippen molar-refractivity contribution in [3.05, 3.63) is 40.8 Å². The average molecular weight is 561 g/mol. The number of nitrogens with one attached hydrogen (secondary N) is 1. The second-order valence-electron chi connectivity index (χ2n) is 14.4. The van der Waals surface area contributed by atoms with Crippen molar-refractivity contribution in [3.63, 3.8) is 0 Å². The number of azide groups is 1. The Morgan fingerprint density at radius 1 is 1.12 bits per heavy atom. The van der Waals surface area contributed by atoms with Gasteiger partial charge in [0.25, 0.3) is 0 Å². The van der Waals surface area contributed by atoms with E-state index in [1.54, 1.807) is 12.3 Å². The third kappa shape index (κ3) is 4.92. The molecule has 224 valence electrons. The molecule has 5 N–H and O–H groups in total. The first-order chi connectivity index (χ1) is 19.6. The molecule has 41 heavy (non-hydrogen) atoms. The molecule has 10 atom stereocenters. The standard InChI is InChI=1S/C34H52N6O/c1-5-6-7-8-22(2)25-11-12-27-24-10-14-30-32(3,26(24)15-18-34(25,27)21-39-40-38)17-16-31(33(30,4)20-35)41-29-19-23(36)9-13-28(29)37/h5-6,9,13,19-20,22,24-27,30-31,35H,7-8,10-12,14-18,21,36-37H2,1-4H3/b6-5-,35-20?. The van der Waals surface area contributed by atoms with Crippen LogP contribution in [0, 0.1) is 57.2 Å². The van der Waals surface area contributed by atoms with Crippen LogP contribution in [0.1, 0.15) is 91.9 Å². The van der Waals surface area contributed by atoms with Crippen molar-refractivity contribution in [3.8, 4) is 5.75 Å². The molecule has 4 saturated carbocycles. The largest absolute Gasteiger partial charge is 0.487 e. The minimum Gasteiger partial charge on any atom is -0.487 e. The molecule has 4 fully saturated rings.